The van der Waals surface area contributed by atoms with Gasteiger partial charge in [-0.3, -0.25) is 10.5 Å². The van der Waals surface area contributed by atoms with Crippen molar-refractivity contribution >= 4 is 11.8 Å². The Morgan fingerprint density at radius 1 is 1.20 bits per heavy atom. The SMILES string of the molecule is C=C1/C(c2cn[nH]c2)=C\N/N=C\C=C/1N1CCCCC1. The molecule has 1 aromatic rings. The minimum atomic E-state index is 1.01. The van der Waals surface area contributed by atoms with Gasteiger partial charge in [0.25, 0.3) is 0 Å². The van der Waals surface area contributed by atoms with Crippen LogP contribution in [0.2, 0.25) is 0 Å². The van der Waals surface area contributed by atoms with Crippen molar-refractivity contribution in [2.75, 3.05) is 13.1 Å². The molecular weight excluding hydrogens is 250 g/mol. The zero-order chi connectivity index (χ0) is 13.8. The lowest BCUT2D eigenvalue weighted by atomic mass is 9.97. The third kappa shape index (κ3) is 2.52. The molecule has 2 aliphatic rings. The number of rotatable bonds is 2. The molecule has 0 unspecified atom stereocenters. The predicted octanol–water partition coefficient (Wildman–Crippen LogP) is 2.27. The van der Waals surface area contributed by atoms with Crippen LogP contribution < -0.4 is 5.43 Å². The van der Waals surface area contributed by atoms with E-state index >= 15 is 0 Å². The van der Waals surface area contributed by atoms with E-state index in [1.54, 1.807) is 12.4 Å². The van der Waals surface area contributed by atoms with Crippen molar-refractivity contribution in [3.63, 3.8) is 0 Å². The van der Waals surface area contributed by atoms with Gasteiger partial charge in [0.15, 0.2) is 0 Å². The van der Waals surface area contributed by atoms with Gasteiger partial charge in [0.05, 0.1) is 6.20 Å². The van der Waals surface area contributed by atoms with Gasteiger partial charge in [0.2, 0.25) is 0 Å². The molecular formula is C15H19N5. The largest absolute Gasteiger partial charge is 0.371 e. The maximum absolute atomic E-state index is 4.29. The molecule has 2 N–H and O–H groups in total. The summed E-state index contributed by atoms with van der Waals surface area (Å²) in [4.78, 5) is 2.40. The zero-order valence-corrected chi connectivity index (χ0v) is 11.5. The van der Waals surface area contributed by atoms with E-state index in [0.717, 1.165) is 35.5 Å². The van der Waals surface area contributed by atoms with E-state index in [4.69, 9.17) is 0 Å². The molecule has 0 aromatic carbocycles. The van der Waals surface area contributed by atoms with Crippen molar-refractivity contribution in [3.05, 3.63) is 48.1 Å². The summed E-state index contributed by atoms with van der Waals surface area (Å²) < 4.78 is 0. The van der Waals surface area contributed by atoms with Crippen LogP contribution in [-0.4, -0.2) is 34.4 Å². The third-order valence-electron chi connectivity index (χ3n) is 3.73. The lowest BCUT2D eigenvalue weighted by Crippen LogP contribution is -2.30. The van der Waals surface area contributed by atoms with Crippen LogP contribution in [0.15, 0.2) is 47.6 Å². The minimum Gasteiger partial charge on any atom is -0.371 e. The number of nitrogens with zero attached hydrogens (tertiary/aromatic N) is 3. The van der Waals surface area contributed by atoms with Crippen LogP contribution >= 0.6 is 0 Å². The quantitative estimate of drug-likeness (QED) is 0.866. The molecule has 5 nitrogen and oxygen atoms in total. The number of piperidine rings is 1. The maximum atomic E-state index is 4.29. The second-order valence-corrected chi connectivity index (χ2v) is 5.03. The monoisotopic (exact) mass is 269 g/mol. The number of allylic oxidation sites excluding steroid dienone is 2. The van der Waals surface area contributed by atoms with Crippen molar-refractivity contribution in [1.29, 1.82) is 0 Å². The number of aromatic nitrogens is 2. The summed E-state index contributed by atoms with van der Waals surface area (Å²) in [6.07, 6.45) is 13.2. The average molecular weight is 269 g/mol. The first-order valence-corrected chi connectivity index (χ1v) is 6.99. The highest BCUT2D eigenvalue weighted by atomic mass is 15.3. The van der Waals surface area contributed by atoms with Gasteiger partial charge >= 0.3 is 0 Å². The average Bonchev–Trinajstić information content (AvgIpc) is 2.98. The van der Waals surface area contributed by atoms with Gasteiger partial charge in [-0.05, 0) is 25.3 Å². The molecule has 3 heterocycles. The van der Waals surface area contributed by atoms with Gasteiger partial charge in [-0.1, -0.05) is 6.58 Å². The lowest BCUT2D eigenvalue weighted by Gasteiger charge is -2.32. The van der Waals surface area contributed by atoms with Gasteiger partial charge in [0, 0.05) is 54.1 Å². The van der Waals surface area contributed by atoms with Gasteiger partial charge in [-0.15, -0.1) is 0 Å². The van der Waals surface area contributed by atoms with Crippen molar-refractivity contribution in [2.24, 2.45) is 5.10 Å². The molecule has 0 radical (unpaired) electrons. The third-order valence-corrected chi connectivity index (χ3v) is 3.73. The van der Waals surface area contributed by atoms with Crippen LogP contribution in [0.1, 0.15) is 24.8 Å². The highest BCUT2D eigenvalue weighted by Gasteiger charge is 2.19. The van der Waals surface area contributed by atoms with Gasteiger partial charge in [0.1, 0.15) is 0 Å². The first kappa shape index (κ1) is 12.7. The fraction of sp³-hybridized carbons (Fsp3) is 0.333. The van der Waals surface area contributed by atoms with Crippen LogP contribution in [0.3, 0.4) is 0 Å². The number of hydrazone groups is 1. The predicted molar refractivity (Wildman–Crippen MR) is 80.8 cm³/mol. The van der Waals surface area contributed by atoms with E-state index in [1.165, 1.54) is 19.3 Å². The van der Waals surface area contributed by atoms with E-state index < -0.39 is 0 Å². The number of likely N-dealkylation sites (tertiary alicyclic amines) is 1. The molecule has 0 aliphatic carbocycles. The molecule has 104 valence electrons. The molecule has 1 fully saturated rings. The summed E-state index contributed by atoms with van der Waals surface area (Å²) in [6, 6.07) is 0. The Labute approximate surface area is 118 Å². The zero-order valence-electron chi connectivity index (χ0n) is 11.5. The smallest absolute Gasteiger partial charge is 0.0566 e. The molecule has 3 rings (SSSR count). The second kappa shape index (κ2) is 5.77. The Hall–Kier alpha value is -2.30. The Kier molecular flexibility index (Phi) is 3.67. The second-order valence-electron chi connectivity index (χ2n) is 5.03. The molecule has 0 atom stereocenters. The van der Waals surface area contributed by atoms with E-state index in [0.29, 0.717) is 0 Å². The molecule has 0 amide bonds. The van der Waals surface area contributed by atoms with Gasteiger partial charge in [-0.25, -0.2) is 0 Å². The molecule has 1 aromatic heterocycles. The molecule has 0 saturated carbocycles. The fourth-order valence-corrected chi connectivity index (χ4v) is 2.67. The highest BCUT2D eigenvalue weighted by Crippen LogP contribution is 2.30. The summed E-state index contributed by atoms with van der Waals surface area (Å²) in [7, 11) is 0. The van der Waals surface area contributed by atoms with Crippen LogP contribution in [0, 0.1) is 0 Å². The van der Waals surface area contributed by atoms with Crippen LogP contribution in [0.5, 0.6) is 0 Å². The van der Waals surface area contributed by atoms with E-state index in [-0.39, 0.29) is 0 Å². The Bertz CT molecular complexity index is 559. The van der Waals surface area contributed by atoms with E-state index in [9.17, 15) is 0 Å². The Balaban J connectivity index is 1.92. The topological polar surface area (TPSA) is 56.3 Å². The van der Waals surface area contributed by atoms with Crippen molar-refractivity contribution in [3.8, 4) is 0 Å². The van der Waals surface area contributed by atoms with Crippen LogP contribution in [0.4, 0.5) is 0 Å². The number of hydrogen-bond donors (Lipinski definition) is 2. The number of H-pyrrole nitrogens is 1. The molecule has 2 aliphatic heterocycles. The van der Waals surface area contributed by atoms with Gasteiger partial charge < -0.3 is 4.90 Å². The Morgan fingerprint density at radius 2 is 2.05 bits per heavy atom. The van der Waals surface area contributed by atoms with Crippen LogP contribution in [0.25, 0.3) is 5.57 Å². The standard InChI is InChI=1S/C15H19N5/c1-12-14(13-9-17-18-10-13)11-19-16-6-5-15(12)20-7-3-2-4-8-20/h5-6,9-11,19H,1-4,7-8H2,(H,17,18)/b14-11+,15-5+,16-6-. The fourth-order valence-electron chi connectivity index (χ4n) is 2.67. The highest BCUT2D eigenvalue weighted by molar-refractivity contribution is 5.86. The summed E-state index contributed by atoms with van der Waals surface area (Å²) in [5, 5.41) is 11.0. The molecule has 0 bridgehead atoms. The molecule has 5 heteroatoms. The molecule has 20 heavy (non-hydrogen) atoms. The van der Waals surface area contributed by atoms with Gasteiger partial charge in [-0.2, -0.15) is 10.2 Å². The maximum Gasteiger partial charge on any atom is 0.0566 e. The number of hydrogen-bond acceptors (Lipinski definition) is 4. The minimum absolute atomic E-state index is 1.01. The summed E-state index contributed by atoms with van der Waals surface area (Å²) in [5.74, 6) is 0. The first-order chi connectivity index (χ1) is 9.86. The number of aromatic amines is 1. The summed E-state index contributed by atoms with van der Waals surface area (Å²) in [5.41, 5.74) is 7.12. The molecule has 1 saturated heterocycles. The summed E-state index contributed by atoms with van der Waals surface area (Å²) >= 11 is 0. The van der Waals surface area contributed by atoms with E-state index in [1.807, 2.05) is 18.5 Å². The van der Waals surface area contributed by atoms with Crippen molar-refractivity contribution in [1.82, 2.24) is 20.5 Å². The Morgan fingerprint density at radius 3 is 2.80 bits per heavy atom. The van der Waals surface area contributed by atoms with Crippen LogP contribution in [-0.2, 0) is 0 Å². The summed E-state index contributed by atoms with van der Waals surface area (Å²) in [6.45, 7) is 6.46. The van der Waals surface area contributed by atoms with Crippen molar-refractivity contribution in [2.45, 2.75) is 19.3 Å². The number of nitrogens with one attached hydrogen (secondary N) is 2. The first-order valence-electron chi connectivity index (χ1n) is 6.99. The van der Waals surface area contributed by atoms with E-state index in [2.05, 4.69) is 32.2 Å². The van der Waals surface area contributed by atoms with Crippen molar-refractivity contribution < 1.29 is 0 Å². The lowest BCUT2D eigenvalue weighted by molar-refractivity contribution is 0.291. The molecule has 0 spiro atoms. The normalized spacial score (nSPS) is 26.6.